The van der Waals surface area contributed by atoms with Gasteiger partial charge in [0.1, 0.15) is 11.6 Å². The summed E-state index contributed by atoms with van der Waals surface area (Å²) in [5.74, 6) is 1.89. The molecule has 0 radical (unpaired) electrons. The van der Waals surface area contributed by atoms with Gasteiger partial charge in [0.15, 0.2) is 0 Å². The molecule has 0 aliphatic rings. The molecule has 2 N–H and O–H groups in total. The molecule has 4 nitrogen and oxygen atoms in total. The Hall–Kier alpha value is -2.33. The molecule has 0 saturated carbocycles. The third-order valence-corrected chi connectivity index (χ3v) is 3.95. The van der Waals surface area contributed by atoms with Crippen LogP contribution in [0.3, 0.4) is 0 Å². The number of benzene rings is 2. The lowest BCUT2D eigenvalue weighted by Gasteiger charge is -2.09. The van der Waals surface area contributed by atoms with Crippen LogP contribution in [-0.2, 0) is 13.1 Å². The van der Waals surface area contributed by atoms with Crippen molar-refractivity contribution in [1.82, 2.24) is 9.55 Å². The second-order valence-corrected chi connectivity index (χ2v) is 5.74. The van der Waals surface area contributed by atoms with Crippen LogP contribution in [0.5, 0.6) is 5.75 Å². The predicted molar refractivity (Wildman–Crippen MR) is 93.5 cm³/mol. The van der Waals surface area contributed by atoms with Crippen LogP contribution in [0.4, 0.5) is 0 Å². The van der Waals surface area contributed by atoms with E-state index in [9.17, 15) is 0 Å². The SMILES string of the molecule is Cc1cccc(OCCCCn2c(CN)nc3ccccc32)c1. The van der Waals surface area contributed by atoms with Crippen molar-refractivity contribution in [2.24, 2.45) is 5.73 Å². The third-order valence-electron chi connectivity index (χ3n) is 3.95. The third kappa shape index (κ3) is 3.71. The Bertz CT molecular complexity index is 779. The molecule has 0 bridgehead atoms. The van der Waals surface area contributed by atoms with Crippen molar-refractivity contribution in [2.75, 3.05) is 6.61 Å². The van der Waals surface area contributed by atoms with E-state index < -0.39 is 0 Å². The number of unbranched alkanes of at least 4 members (excludes halogenated alkanes) is 1. The number of hydrogen-bond donors (Lipinski definition) is 1. The van der Waals surface area contributed by atoms with Crippen LogP contribution in [-0.4, -0.2) is 16.2 Å². The van der Waals surface area contributed by atoms with E-state index in [1.54, 1.807) is 0 Å². The Morgan fingerprint density at radius 1 is 1.09 bits per heavy atom. The zero-order valence-electron chi connectivity index (χ0n) is 13.5. The number of rotatable bonds is 7. The normalized spacial score (nSPS) is 11.0. The Morgan fingerprint density at radius 2 is 1.96 bits per heavy atom. The van der Waals surface area contributed by atoms with Crippen LogP contribution in [0, 0.1) is 6.92 Å². The zero-order chi connectivity index (χ0) is 16.1. The molecular formula is C19H23N3O. The molecule has 0 saturated heterocycles. The maximum absolute atomic E-state index is 5.83. The first-order valence-electron chi connectivity index (χ1n) is 8.11. The highest BCUT2D eigenvalue weighted by molar-refractivity contribution is 5.75. The standard InChI is InChI=1S/C19H23N3O/c1-15-7-6-8-16(13-15)23-12-5-4-11-22-18-10-3-2-9-17(18)21-19(22)14-20/h2-3,6-10,13H,4-5,11-12,14,20H2,1H3. The molecule has 0 unspecified atom stereocenters. The summed E-state index contributed by atoms with van der Waals surface area (Å²) in [7, 11) is 0. The van der Waals surface area contributed by atoms with Gasteiger partial charge in [0.2, 0.25) is 0 Å². The summed E-state index contributed by atoms with van der Waals surface area (Å²) in [4.78, 5) is 4.59. The Balaban J connectivity index is 1.55. The van der Waals surface area contributed by atoms with E-state index >= 15 is 0 Å². The van der Waals surface area contributed by atoms with Crippen molar-refractivity contribution in [3.05, 3.63) is 59.9 Å². The van der Waals surface area contributed by atoms with Crippen molar-refractivity contribution in [1.29, 1.82) is 0 Å². The van der Waals surface area contributed by atoms with Crippen LogP contribution >= 0.6 is 0 Å². The van der Waals surface area contributed by atoms with E-state index in [1.807, 2.05) is 30.3 Å². The predicted octanol–water partition coefficient (Wildman–Crippen LogP) is 3.66. The highest BCUT2D eigenvalue weighted by Crippen LogP contribution is 2.17. The molecule has 2 aromatic carbocycles. The topological polar surface area (TPSA) is 53.1 Å². The van der Waals surface area contributed by atoms with Crippen LogP contribution in [0.15, 0.2) is 48.5 Å². The molecule has 4 heteroatoms. The number of fused-ring (bicyclic) bond motifs is 1. The Labute approximate surface area is 136 Å². The number of aryl methyl sites for hydroxylation is 2. The number of nitrogens with two attached hydrogens (primary N) is 1. The van der Waals surface area contributed by atoms with Crippen molar-refractivity contribution >= 4 is 11.0 Å². The van der Waals surface area contributed by atoms with Gasteiger partial charge in [0.05, 0.1) is 24.2 Å². The fraction of sp³-hybridized carbons (Fsp3) is 0.316. The second kappa shape index (κ2) is 7.29. The quantitative estimate of drug-likeness (QED) is 0.678. The fourth-order valence-corrected chi connectivity index (χ4v) is 2.80. The smallest absolute Gasteiger partial charge is 0.123 e. The summed E-state index contributed by atoms with van der Waals surface area (Å²) in [6, 6.07) is 16.4. The first kappa shape index (κ1) is 15.6. The highest BCUT2D eigenvalue weighted by Gasteiger charge is 2.08. The molecule has 0 amide bonds. The lowest BCUT2D eigenvalue weighted by atomic mass is 10.2. The Kier molecular flexibility index (Phi) is 4.93. The highest BCUT2D eigenvalue weighted by atomic mass is 16.5. The average Bonchev–Trinajstić information content (AvgIpc) is 2.92. The van der Waals surface area contributed by atoms with E-state index in [2.05, 4.69) is 34.7 Å². The number of nitrogens with zero attached hydrogens (tertiary/aromatic N) is 2. The van der Waals surface area contributed by atoms with E-state index in [-0.39, 0.29) is 0 Å². The summed E-state index contributed by atoms with van der Waals surface area (Å²) >= 11 is 0. The fourth-order valence-electron chi connectivity index (χ4n) is 2.80. The van der Waals surface area contributed by atoms with Crippen LogP contribution in [0.2, 0.25) is 0 Å². The Morgan fingerprint density at radius 3 is 2.78 bits per heavy atom. The molecule has 0 aliphatic heterocycles. The van der Waals surface area contributed by atoms with Crippen molar-refractivity contribution < 1.29 is 4.74 Å². The largest absolute Gasteiger partial charge is 0.494 e. The van der Waals surface area contributed by atoms with E-state index in [0.29, 0.717) is 6.54 Å². The number of imidazole rings is 1. The molecule has 3 aromatic rings. The minimum absolute atomic E-state index is 0.467. The van der Waals surface area contributed by atoms with E-state index in [4.69, 9.17) is 10.5 Å². The summed E-state index contributed by atoms with van der Waals surface area (Å²) < 4.78 is 8.02. The molecule has 0 spiro atoms. The molecule has 1 heterocycles. The molecule has 0 fully saturated rings. The minimum atomic E-state index is 0.467. The molecule has 0 atom stereocenters. The van der Waals surface area contributed by atoms with Crippen molar-refractivity contribution in [3.63, 3.8) is 0 Å². The average molecular weight is 309 g/mol. The van der Waals surface area contributed by atoms with Crippen LogP contribution in [0.25, 0.3) is 11.0 Å². The molecule has 3 rings (SSSR count). The minimum Gasteiger partial charge on any atom is -0.494 e. The molecule has 1 aromatic heterocycles. The maximum atomic E-state index is 5.83. The number of hydrogen-bond acceptors (Lipinski definition) is 3. The van der Waals surface area contributed by atoms with Gasteiger partial charge in [-0.2, -0.15) is 0 Å². The zero-order valence-corrected chi connectivity index (χ0v) is 13.5. The van der Waals surface area contributed by atoms with Gasteiger partial charge in [-0.1, -0.05) is 24.3 Å². The number of para-hydroxylation sites is 2. The first-order valence-corrected chi connectivity index (χ1v) is 8.11. The van der Waals surface area contributed by atoms with Crippen molar-refractivity contribution in [3.8, 4) is 5.75 Å². The summed E-state index contributed by atoms with van der Waals surface area (Å²) in [5.41, 5.74) is 9.23. The monoisotopic (exact) mass is 309 g/mol. The van der Waals surface area contributed by atoms with Gasteiger partial charge in [0.25, 0.3) is 0 Å². The van der Waals surface area contributed by atoms with E-state index in [0.717, 1.165) is 48.6 Å². The summed E-state index contributed by atoms with van der Waals surface area (Å²) in [5, 5.41) is 0. The lowest BCUT2D eigenvalue weighted by Crippen LogP contribution is -2.09. The van der Waals surface area contributed by atoms with Crippen LogP contribution in [0.1, 0.15) is 24.2 Å². The van der Waals surface area contributed by atoms with E-state index in [1.165, 1.54) is 5.56 Å². The molecule has 120 valence electrons. The maximum Gasteiger partial charge on any atom is 0.123 e. The first-order chi connectivity index (χ1) is 11.3. The van der Waals surface area contributed by atoms with Gasteiger partial charge in [-0.25, -0.2) is 4.98 Å². The summed E-state index contributed by atoms with van der Waals surface area (Å²) in [6.07, 6.45) is 2.05. The van der Waals surface area contributed by atoms with Gasteiger partial charge in [-0.15, -0.1) is 0 Å². The van der Waals surface area contributed by atoms with Crippen LogP contribution < -0.4 is 10.5 Å². The second-order valence-electron chi connectivity index (χ2n) is 5.74. The van der Waals surface area contributed by atoms with Gasteiger partial charge in [0, 0.05) is 6.54 Å². The van der Waals surface area contributed by atoms with Gasteiger partial charge in [-0.05, 0) is 49.6 Å². The summed E-state index contributed by atoms with van der Waals surface area (Å²) in [6.45, 7) is 4.19. The molecule has 0 aliphatic carbocycles. The van der Waals surface area contributed by atoms with Gasteiger partial charge >= 0.3 is 0 Å². The lowest BCUT2D eigenvalue weighted by molar-refractivity contribution is 0.303. The number of ether oxygens (including phenoxy) is 1. The molecule has 23 heavy (non-hydrogen) atoms. The van der Waals surface area contributed by atoms with Gasteiger partial charge < -0.3 is 15.0 Å². The molecular weight excluding hydrogens is 286 g/mol. The van der Waals surface area contributed by atoms with Gasteiger partial charge in [-0.3, -0.25) is 0 Å². The number of aromatic nitrogens is 2. The van der Waals surface area contributed by atoms with Crippen molar-refractivity contribution in [2.45, 2.75) is 32.9 Å².